The molecule has 7 nitrogen and oxygen atoms in total. The van der Waals surface area contributed by atoms with Gasteiger partial charge in [0.2, 0.25) is 5.43 Å². The molecule has 3 aliphatic rings. The molecule has 0 spiro atoms. The summed E-state index contributed by atoms with van der Waals surface area (Å²) in [4.78, 5) is 26.3. The van der Waals surface area contributed by atoms with Crippen molar-refractivity contribution in [2.75, 3.05) is 31.1 Å². The number of fused-ring (bicyclic) bond motifs is 1. The van der Waals surface area contributed by atoms with Crippen LogP contribution in [-0.2, 0) is 0 Å². The average Bonchev–Trinajstić information content (AvgIpc) is 3.64. The molecule has 2 aromatic rings. The van der Waals surface area contributed by atoms with E-state index in [1.165, 1.54) is 10.8 Å². The molecule has 32 heavy (non-hydrogen) atoms. The molecule has 9 heteroatoms. The van der Waals surface area contributed by atoms with Gasteiger partial charge in [-0.2, -0.15) is 0 Å². The Hall–Kier alpha value is -2.52. The van der Waals surface area contributed by atoms with Gasteiger partial charge < -0.3 is 25.0 Å². The van der Waals surface area contributed by atoms with Crippen molar-refractivity contribution < 1.29 is 23.8 Å². The molecule has 172 valence electrons. The second-order valence-electron chi connectivity index (χ2n) is 9.37. The standard InChI is InChI=1S/C23H27F2N3O4/c1-12-19-14(21(30)15(22(31)32)11-28(19)18-9-16(18)24)8-17(25)20(12)27-6-2-13(10-27)23(3-4-23)26-5-7-29/h8,11,13,16,18,26,29H,2-7,9-10H2,1H3,(H,31,32)/t13-,16+,18?/m1/s1. The third-order valence-electron chi connectivity index (χ3n) is 7.41. The number of aryl methyl sites for hydroxylation is 1. The maximum absolute atomic E-state index is 15.4. The molecule has 1 aromatic heterocycles. The van der Waals surface area contributed by atoms with Crippen molar-refractivity contribution in [1.82, 2.24) is 9.88 Å². The van der Waals surface area contributed by atoms with Crippen LogP contribution >= 0.6 is 0 Å². The van der Waals surface area contributed by atoms with Crippen molar-refractivity contribution in [3.05, 3.63) is 39.4 Å². The number of carbonyl (C=O) groups is 1. The van der Waals surface area contributed by atoms with E-state index in [0.717, 1.165) is 25.3 Å². The van der Waals surface area contributed by atoms with E-state index in [1.807, 2.05) is 4.90 Å². The lowest BCUT2D eigenvalue weighted by Gasteiger charge is -2.27. The van der Waals surface area contributed by atoms with Crippen molar-refractivity contribution in [2.45, 2.75) is 50.4 Å². The maximum atomic E-state index is 15.4. The first kappa shape index (κ1) is 21.3. The molecule has 1 unspecified atom stereocenters. The van der Waals surface area contributed by atoms with E-state index in [0.29, 0.717) is 42.3 Å². The zero-order valence-electron chi connectivity index (χ0n) is 17.9. The molecule has 0 radical (unpaired) electrons. The highest BCUT2D eigenvalue weighted by Gasteiger charge is 2.51. The van der Waals surface area contributed by atoms with Crippen LogP contribution in [0.15, 0.2) is 17.1 Å². The van der Waals surface area contributed by atoms with Crippen molar-refractivity contribution in [3.8, 4) is 0 Å². The highest BCUT2D eigenvalue weighted by Crippen LogP contribution is 2.48. The third kappa shape index (κ3) is 3.29. The number of hydrogen-bond acceptors (Lipinski definition) is 5. The molecular weight excluding hydrogens is 420 g/mol. The van der Waals surface area contributed by atoms with Crippen LogP contribution in [-0.4, -0.2) is 58.7 Å². The monoisotopic (exact) mass is 447 g/mol. The first-order valence-corrected chi connectivity index (χ1v) is 11.1. The number of hydrogen-bond donors (Lipinski definition) is 3. The van der Waals surface area contributed by atoms with E-state index >= 15 is 4.39 Å². The smallest absolute Gasteiger partial charge is 0.341 e. The zero-order valence-corrected chi connectivity index (χ0v) is 17.9. The number of rotatable bonds is 7. The minimum atomic E-state index is -1.41. The Bertz CT molecular complexity index is 1160. The Morgan fingerprint density at radius 3 is 2.69 bits per heavy atom. The average molecular weight is 447 g/mol. The van der Waals surface area contributed by atoms with Gasteiger partial charge in [-0.1, -0.05) is 0 Å². The number of alkyl halides is 1. The van der Waals surface area contributed by atoms with Crippen molar-refractivity contribution in [2.24, 2.45) is 5.92 Å². The van der Waals surface area contributed by atoms with Gasteiger partial charge in [0.15, 0.2) is 0 Å². The number of aliphatic hydroxyl groups is 1. The van der Waals surface area contributed by atoms with Gasteiger partial charge in [-0.3, -0.25) is 4.79 Å². The highest BCUT2D eigenvalue weighted by molar-refractivity contribution is 5.95. The van der Waals surface area contributed by atoms with Gasteiger partial charge in [0.1, 0.15) is 17.6 Å². The second kappa shape index (κ2) is 7.52. The predicted octanol–water partition coefficient (Wildman–Crippen LogP) is 2.37. The van der Waals surface area contributed by atoms with Crippen LogP contribution in [0.4, 0.5) is 14.5 Å². The molecule has 3 N–H and O–H groups in total. The number of carboxylic acid groups (broad SMARTS) is 1. The summed E-state index contributed by atoms with van der Waals surface area (Å²) in [6, 6.07) is 0.569. The van der Waals surface area contributed by atoms with E-state index < -0.39 is 35.0 Å². The largest absolute Gasteiger partial charge is 0.477 e. The van der Waals surface area contributed by atoms with Gasteiger partial charge in [0, 0.05) is 43.2 Å². The Kier molecular flexibility index (Phi) is 5.01. The normalized spacial score (nSPS) is 26.0. The molecule has 5 rings (SSSR count). The van der Waals surface area contributed by atoms with E-state index in [9.17, 15) is 19.1 Å². The Labute approximate surface area is 183 Å². The van der Waals surface area contributed by atoms with Crippen LogP contribution in [0, 0.1) is 18.7 Å². The molecular formula is C23H27F2N3O4. The van der Waals surface area contributed by atoms with E-state index in [-0.39, 0.29) is 24.0 Å². The summed E-state index contributed by atoms with van der Waals surface area (Å²) in [6.07, 6.45) is 3.28. The van der Waals surface area contributed by atoms with Crippen molar-refractivity contribution >= 4 is 22.6 Å². The lowest BCUT2D eigenvalue weighted by molar-refractivity contribution is 0.0694. The molecule has 0 amide bonds. The molecule has 2 saturated carbocycles. The second-order valence-corrected chi connectivity index (χ2v) is 9.37. The first-order valence-electron chi connectivity index (χ1n) is 11.1. The summed E-state index contributed by atoms with van der Waals surface area (Å²) in [5.41, 5.74) is 0.0941. The van der Waals surface area contributed by atoms with Gasteiger partial charge in [0.25, 0.3) is 0 Å². The van der Waals surface area contributed by atoms with Crippen LogP contribution in [0.2, 0.25) is 0 Å². The first-order chi connectivity index (χ1) is 15.3. The number of aromatic nitrogens is 1. The summed E-state index contributed by atoms with van der Waals surface area (Å²) in [7, 11) is 0. The Morgan fingerprint density at radius 2 is 2.09 bits per heavy atom. The fraction of sp³-hybridized carbons (Fsp3) is 0.565. The van der Waals surface area contributed by atoms with E-state index in [2.05, 4.69) is 5.32 Å². The molecule has 0 bridgehead atoms. The number of aliphatic hydroxyl groups excluding tert-OH is 1. The number of β-amino-alcohol motifs (C(OH)–C–C–N with tert-alkyl or cyclic N) is 1. The summed E-state index contributed by atoms with van der Waals surface area (Å²) in [6.45, 7) is 3.63. The number of anilines is 1. The number of aromatic carboxylic acids is 1. The van der Waals surface area contributed by atoms with E-state index in [4.69, 9.17) is 5.11 Å². The number of carboxylic acids is 1. The van der Waals surface area contributed by atoms with Crippen molar-refractivity contribution in [1.29, 1.82) is 0 Å². The molecule has 1 saturated heterocycles. The predicted molar refractivity (Wildman–Crippen MR) is 116 cm³/mol. The molecule has 3 fully saturated rings. The van der Waals surface area contributed by atoms with Gasteiger partial charge in [-0.15, -0.1) is 0 Å². The summed E-state index contributed by atoms with van der Waals surface area (Å²) in [5.74, 6) is -1.65. The summed E-state index contributed by atoms with van der Waals surface area (Å²) >= 11 is 0. The minimum Gasteiger partial charge on any atom is -0.477 e. The third-order valence-corrected chi connectivity index (χ3v) is 7.41. The molecule has 2 aliphatic carbocycles. The number of pyridine rings is 1. The topological polar surface area (TPSA) is 94.8 Å². The Morgan fingerprint density at radius 1 is 1.38 bits per heavy atom. The molecule has 1 aliphatic heterocycles. The lowest BCUT2D eigenvalue weighted by Crippen LogP contribution is -2.41. The van der Waals surface area contributed by atoms with Crippen LogP contribution in [0.5, 0.6) is 0 Å². The van der Waals surface area contributed by atoms with Gasteiger partial charge >= 0.3 is 5.97 Å². The van der Waals surface area contributed by atoms with Gasteiger partial charge in [0.05, 0.1) is 23.9 Å². The number of nitrogens with zero attached hydrogens (tertiary/aromatic N) is 2. The van der Waals surface area contributed by atoms with Crippen LogP contribution < -0.4 is 15.6 Å². The van der Waals surface area contributed by atoms with E-state index in [1.54, 1.807) is 6.92 Å². The minimum absolute atomic E-state index is 0.00728. The van der Waals surface area contributed by atoms with Crippen LogP contribution in [0.1, 0.15) is 47.6 Å². The van der Waals surface area contributed by atoms with Crippen molar-refractivity contribution in [3.63, 3.8) is 0 Å². The summed E-state index contributed by atoms with van der Waals surface area (Å²) in [5, 5.41) is 22.0. The fourth-order valence-corrected chi connectivity index (χ4v) is 5.50. The highest BCUT2D eigenvalue weighted by atomic mass is 19.1. The zero-order chi connectivity index (χ0) is 22.8. The maximum Gasteiger partial charge on any atom is 0.341 e. The van der Waals surface area contributed by atoms with Crippen LogP contribution in [0.25, 0.3) is 10.9 Å². The summed E-state index contributed by atoms with van der Waals surface area (Å²) < 4.78 is 30.8. The number of benzene rings is 1. The fourth-order valence-electron chi connectivity index (χ4n) is 5.50. The molecule has 3 atom stereocenters. The SMILES string of the molecule is Cc1c(N2CC[C@@H](C3(NCCO)CC3)C2)c(F)cc2c(=O)c(C(=O)O)cn(C3C[C@@H]3F)c12. The lowest BCUT2D eigenvalue weighted by atomic mass is 9.96. The molecule has 1 aromatic carbocycles. The van der Waals surface area contributed by atoms with Crippen LogP contribution in [0.3, 0.4) is 0 Å². The Balaban J connectivity index is 1.57. The quantitative estimate of drug-likeness (QED) is 0.603. The number of nitrogens with one attached hydrogen (secondary N) is 1. The molecule has 2 heterocycles. The number of halogens is 2. The van der Waals surface area contributed by atoms with Gasteiger partial charge in [-0.05, 0) is 43.7 Å². The van der Waals surface area contributed by atoms with Gasteiger partial charge in [-0.25, -0.2) is 13.6 Å².